The average molecular weight is 337 g/mol. The lowest BCUT2D eigenvalue weighted by atomic mass is 10.2. The molecule has 1 aromatic carbocycles. The summed E-state index contributed by atoms with van der Waals surface area (Å²) in [6.45, 7) is 6.52. The number of carbonyl (C=O) groups excluding carboxylic acids is 1. The van der Waals surface area contributed by atoms with Crippen LogP contribution in [0, 0.1) is 13.8 Å². The maximum Gasteiger partial charge on any atom is 0.276 e. The SMILES string of the molecule is Cc1nc2nnc(C(=O)N3CCN(c4ccccc4)CC3)c(C)n2n1. The van der Waals surface area contributed by atoms with Crippen molar-refractivity contribution in [3.63, 3.8) is 0 Å². The van der Waals surface area contributed by atoms with Gasteiger partial charge in [0.1, 0.15) is 5.82 Å². The summed E-state index contributed by atoms with van der Waals surface area (Å²) < 4.78 is 1.58. The van der Waals surface area contributed by atoms with E-state index in [0.29, 0.717) is 36.1 Å². The van der Waals surface area contributed by atoms with Gasteiger partial charge in [0.2, 0.25) is 0 Å². The molecule has 0 atom stereocenters. The van der Waals surface area contributed by atoms with Crippen LogP contribution in [0.25, 0.3) is 5.78 Å². The molecule has 2 aromatic heterocycles. The van der Waals surface area contributed by atoms with Crippen LogP contribution in [0.2, 0.25) is 0 Å². The number of amides is 1. The second-order valence-electron chi connectivity index (χ2n) is 6.12. The van der Waals surface area contributed by atoms with Crippen LogP contribution in [0.15, 0.2) is 30.3 Å². The number of hydrogen-bond donors (Lipinski definition) is 0. The van der Waals surface area contributed by atoms with E-state index in [-0.39, 0.29) is 5.91 Å². The largest absolute Gasteiger partial charge is 0.368 e. The van der Waals surface area contributed by atoms with Gasteiger partial charge >= 0.3 is 0 Å². The molecule has 0 aliphatic carbocycles. The smallest absolute Gasteiger partial charge is 0.276 e. The number of piperazine rings is 1. The van der Waals surface area contributed by atoms with Crippen LogP contribution in [0.1, 0.15) is 22.0 Å². The Hall–Kier alpha value is -3.03. The first-order valence-corrected chi connectivity index (χ1v) is 8.29. The van der Waals surface area contributed by atoms with Crippen molar-refractivity contribution in [3.05, 3.63) is 47.5 Å². The van der Waals surface area contributed by atoms with Crippen LogP contribution in [0.4, 0.5) is 5.69 Å². The summed E-state index contributed by atoms with van der Waals surface area (Å²) in [6, 6.07) is 10.2. The van der Waals surface area contributed by atoms with Crippen molar-refractivity contribution in [1.29, 1.82) is 0 Å². The highest BCUT2D eigenvalue weighted by molar-refractivity contribution is 5.93. The highest BCUT2D eigenvalue weighted by atomic mass is 16.2. The molecule has 0 unspecified atom stereocenters. The molecule has 3 heterocycles. The molecular weight excluding hydrogens is 318 g/mol. The topological polar surface area (TPSA) is 79.5 Å². The number of nitrogens with zero attached hydrogens (tertiary/aromatic N) is 7. The quantitative estimate of drug-likeness (QED) is 0.697. The lowest BCUT2D eigenvalue weighted by molar-refractivity contribution is 0.0738. The van der Waals surface area contributed by atoms with E-state index in [9.17, 15) is 4.79 Å². The summed E-state index contributed by atoms with van der Waals surface area (Å²) in [4.78, 5) is 21.1. The van der Waals surface area contributed by atoms with Crippen molar-refractivity contribution in [2.24, 2.45) is 0 Å². The van der Waals surface area contributed by atoms with E-state index >= 15 is 0 Å². The molecule has 0 radical (unpaired) electrons. The maximum atomic E-state index is 12.9. The molecule has 8 heteroatoms. The molecule has 0 saturated carbocycles. The monoisotopic (exact) mass is 337 g/mol. The molecule has 1 amide bonds. The molecule has 0 spiro atoms. The number of para-hydroxylation sites is 1. The van der Waals surface area contributed by atoms with Crippen molar-refractivity contribution in [2.45, 2.75) is 13.8 Å². The zero-order chi connectivity index (χ0) is 17.4. The Labute approximate surface area is 145 Å². The van der Waals surface area contributed by atoms with Gasteiger partial charge in [0.15, 0.2) is 5.69 Å². The Bertz CT molecular complexity index is 913. The first-order valence-electron chi connectivity index (χ1n) is 8.29. The van der Waals surface area contributed by atoms with Crippen molar-refractivity contribution >= 4 is 17.4 Å². The number of anilines is 1. The first kappa shape index (κ1) is 15.5. The highest BCUT2D eigenvalue weighted by Crippen LogP contribution is 2.17. The molecule has 0 bridgehead atoms. The predicted molar refractivity (Wildman–Crippen MR) is 92.6 cm³/mol. The summed E-state index contributed by atoms with van der Waals surface area (Å²) in [6.07, 6.45) is 0. The summed E-state index contributed by atoms with van der Waals surface area (Å²) >= 11 is 0. The maximum absolute atomic E-state index is 12.9. The van der Waals surface area contributed by atoms with E-state index in [4.69, 9.17) is 0 Å². The van der Waals surface area contributed by atoms with Crippen LogP contribution in [0.5, 0.6) is 0 Å². The van der Waals surface area contributed by atoms with Gasteiger partial charge in [-0.1, -0.05) is 18.2 Å². The minimum absolute atomic E-state index is 0.104. The van der Waals surface area contributed by atoms with Crippen molar-refractivity contribution in [1.82, 2.24) is 29.7 Å². The van der Waals surface area contributed by atoms with Gasteiger partial charge < -0.3 is 9.80 Å². The zero-order valence-corrected chi connectivity index (χ0v) is 14.3. The van der Waals surface area contributed by atoms with E-state index in [2.05, 4.69) is 37.3 Å². The third kappa shape index (κ3) is 2.79. The van der Waals surface area contributed by atoms with Gasteiger partial charge in [-0.25, -0.2) is 0 Å². The number of aryl methyl sites for hydroxylation is 2. The highest BCUT2D eigenvalue weighted by Gasteiger charge is 2.26. The lowest BCUT2D eigenvalue weighted by Gasteiger charge is -2.36. The minimum Gasteiger partial charge on any atom is -0.368 e. The second kappa shape index (κ2) is 6.12. The minimum atomic E-state index is -0.104. The van der Waals surface area contributed by atoms with Gasteiger partial charge in [-0.05, 0) is 26.0 Å². The van der Waals surface area contributed by atoms with Crippen molar-refractivity contribution in [3.8, 4) is 0 Å². The molecule has 1 aliphatic rings. The Kier molecular flexibility index (Phi) is 3.79. The van der Waals surface area contributed by atoms with Crippen LogP contribution >= 0.6 is 0 Å². The molecule has 3 aromatic rings. The standard InChI is InChI=1S/C17H19N7O/c1-12-15(19-20-17-18-13(2)21-24(12)17)16(25)23-10-8-22(9-11-23)14-6-4-3-5-7-14/h3-7H,8-11H2,1-2H3. The molecule has 8 nitrogen and oxygen atoms in total. The van der Waals surface area contributed by atoms with Gasteiger partial charge in [-0.2, -0.15) is 9.50 Å². The number of aromatic nitrogens is 5. The number of hydrogen-bond acceptors (Lipinski definition) is 6. The molecule has 128 valence electrons. The van der Waals surface area contributed by atoms with Gasteiger partial charge in [0.05, 0.1) is 5.69 Å². The number of carbonyl (C=O) groups is 1. The number of fused-ring (bicyclic) bond motifs is 1. The van der Waals surface area contributed by atoms with E-state index < -0.39 is 0 Å². The molecule has 1 saturated heterocycles. The first-order chi connectivity index (χ1) is 12.1. The Morgan fingerprint density at radius 1 is 1.00 bits per heavy atom. The zero-order valence-electron chi connectivity index (χ0n) is 14.3. The summed E-state index contributed by atoms with van der Waals surface area (Å²) in [5.41, 5.74) is 2.19. The van der Waals surface area contributed by atoms with E-state index in [1.807, 2.05) is 30.0 Å². The van der Waals surface area contributed by atoms with Gasteiger partial charge in [-0.3, -0.25) is 4.79 Å². The fourth-order valence-corrected chi connectivity index (χ4v) is 3.11. The Morgan fingerprint density at radius 3 is 2.44 bits per heavy atom. The molecule has 1 fully saturated rings. The Balaban J connectivity index is 1.52. The number of benzene rings is 1. The fraction of sp³-hybridized carbons (Fsp3) is 0.353. The lowest BCUT2D eigenvalue weighted by Crippen LogP contribution is -2.49. The summed E-state index contributed by atoms with van der Waals surface area (Å²) in [5.74, 6) is 0.923. The molecule has 0 N–H and O–H groups in total. The van der Waals surface area contributed by atoms with Crippen LogP contribution in [-0.2, 0) is 0 Å². The van der Waals surface area contributed by atoms with Crippen LogP contribution < -0.4 is 4.90 Å². The van der Waals surface area contributed by atoms with E-state index in [1.54, 1.807) is 11.4 Å². The summed E-state index contributed by atoms with van der Waals surface area (Å²) in [5, 5.41) is 12.4. The molecule has 1 aliphatic heterocycles. The van der Waals surface area contributed by atoms with Gasteiger partial charge in [0, 0.05) is 31.9 Å². The Morgan fingerprint density at radius 2 is 1.72 bits per heavy atom. The van der Waals surface area contributed by atoms with Gasteiger partial charge in [0.25, 0.3) is 11.7 Å². The second-order valence-corrected chi connectivity index (χ2v) is 6.12. The summed E-state index contributed by atoms with van der Waals surface area (Å²) in [7, 11) is 0. The molecule has 4 rings (SSSR count). The average Bonchev–Trinajstić information content (AvgIpc) is 3.04. The molecule has 25 heavy (non-hydrogen) atoms. The normalized spacial score (nSPS) is 15.0. The fourth-order valence-electron chi connectivity index (χ4n) is 3.11. The molecular formula is C17H19N7O. The third-order valence-electron chi connectivity index (χ3n) is 4.49. The van der Waals surface area contributed by atoms with Crippen molar-refractivity contribution < 1.29 is 4.79 Å². The number of rotatable bonds is 2. The van der Waals surface area contributed by atoms with E-state index in [0.717, 1.165) is 13.1 Å². The van der Waals surface area contributed by atoms with Gasteiger partial charge in [-0.15, -0.1) is 15.3 Å². The van der Waals surface area contributed by atoms with Crippen molar-refractivity contribution in [2.75, 3.05) is 31.1 Å². The third-order valence-corrected chi connectivity index (χ3v) is 4.49. The van der Waals surface area contributed by atoms with Crippen LogP contribution in [-0.4, -0.2) is 61.8 Å². The van der Waals surface area contributed by atoms with E-state index in [1.165, 1.54) is 5.69 Å². The predicted octanol–water partition coefficient (Wildman–Crippen LogP) is 1.10. The van der Waals surface area contributed by atoms with Crippen LogP contribution in [0.3, 0.4) is 0 Å².